The Morgan fingerprint density at radius 2 is 2.00 bits per heavy atom. The first-order chi connectivity index (χ1) is 9.28. The van der Waals surface area contributed by atoms with Crippen LogP contribution in [0.15, 0.2) is 24.3 Å². The molecular formula is C17H28N2. The van der Waals surface area contributed by atoms with E-state index in [0.29, 0.717) is 12.0 Å². The molecule has 0 saturated carbocycles. The lowest BCUT2D eigenvalue weighted by Crippen LogP contribution is -2.40. The summed E-state index contributed by atoms with van der Waals surface area (Å²) < 4.78 is 0. The van der Waals surface area contributed by atoms with Crippen LogP contribution in [0.1, 0.15) is 50.3 Å². The highest BCUT2D eigenvalue weighted by molar-refractivity contribution is 5.25. The van der Waals surface area contributed by atoms with Crippen LogP contribution >= 0.6 is 0 Å². The maximum absolute atomic E-state index is 5.86. The number of rotatable bonds is 5. The molecule has 0 aliphatic carbocycles. The third-order valence-electron chi connectivity index (χ3n) is 4.48. The SMILES string of the molecule is CCc1ccc(C(CC)N2CCCC(CN)C2)cc1. The summed E-state index contributed by atoms with van der Waals surface area (Å²) in [5, 5.41) is 0. The second-order valence-corrected chi connectivity index (χ2v) is 5.76. The van der Waals surface area contributed by atoms with E-state index in [-0.39, 0.29) is 0 Å². The molecule has 1 aromatic rings. The summed E-state index contributed by atoms with van der Waals surface area (Å²) in [4.78, 5) is 2.64. The van der Waals surface area contributed by atoms with Gasteiger partial charge in [0, 0.05) is 12.6 Å². The predicted octanol–water partition coefficient (Wildman–Crippen LogP) is 3.37. The van der Waals surface area contributed by atoms with Crippen molar-refractivity contribution < 1.29 is 0 Å². The van der Waals surface area contributed by atoms with E-state index < -0.39 is 0 Å². The van der Waals surface area contributed by atoms with Crippen LogP contribution in [0, 0.1) is 5.92 Å². The number of nitrogens with zero attached hydrogens (tertiary/aromatic N) is 1. The molecule has 2 heteroatoms. The monoisotopic (exact) mass is 260 g/mol. The molecule has 0 amide bonds. The molecule has 1 heterocycles. The number of hydrogen-bond acceptors (Lipinski definition) is 2. The number of piperidine rings is 1. The van der Waals surface area contributed by atoms with E-state index in [2.05, 4.69) is 43.0 Å². The highest BCUT2D eigenvalue weighted by atomic mass is 15.2. The average Bonchev–Trinajstić information content (AvgIpc) is 2.49. The highest BCUT2D eigenvalue weighted by Crippen LogP contribution is 2.29. The standard InChI is InChI=1S/C17H28N2/c1-3-14-7-9-16(10-8-14)17(4-2)19-11-5-6-15(12-18)13-19/h7-10,15,17H,3-6,11-13,18H2,1-2H3. The number of aryl methyl sites for hydroxylation is 1. The van der Waals surface area contributed by atoms with Crippen molar-refractivity contribution in [1.29, 1.82) is 0 Å². The maximum atomic E-state index is 5.86. The van der Waals surface area contributed by atoms with E-state index >= 15 is 0 Å². The molecule has 2 rings (SSSR count). The van der Waals surface area contributed by atoms with Gasteiger partial charge in [-0.25, -0.2) is 0 Å². The van der Waals surface area contributed by atoms with Gasteiger partial charge in [0.15, 0.2) is 0 Å². The van der Waals surface area contributed by atoms with Gasteiger partial charge in [0.2, 0.25) is 0 Å². The number of nitrogens with two attached hydrogens (primary N) is 1. The van der Waals surface area contributed by atoms with Gasteiger partial charge in [-0.1, -0.05) is 38.1 Å². The first-order valence-electron chi connectivity index (χ1n) is 7.81. The van der Waals surface area contributed by atoms with Crippen LogP contribution in [0.3, 0.4) is 0 Å². The molecule has 1 aliphatic heterocycles. The summed E-state index contributed by atoms with van der Waals surface area (Å²) in [6, 6.07) is 9.77. The van der Waals surface area contributed by atoms with Crippen LogP contribution in [-0.2, 0) is 6.42 Å². The first-order valence-corrected chi connectivity index (χ1v) is 7.81. The van der Waals surface area contributed by atoms with Gasteiger partial charge in [-0.2, -0.15) is 0 Å². The first kappa shape index (κ1) is 14.5. The minimum atomic E-state index is 0.570. The fourth-order valence-electron chi connectivity index (χ4n) is 3.25. The van der Waals surface area contributed by atoms with Crippen LogP contribution in [0.4, 0.5) is 0 Å². The Morgan fingerprint density at radius 1 is 1.26 bits per heavy atom. The molecule has 0 radical (unpaired) electrons. The summed E-state index contributed by atoms with van der Waals surface area (Å²) in [6.07, 6.45) is 4.91. The molecule has 0 bridgehead atoms. The van der Waals surface area contributed by atoms with E-state index in [4.69, 9.17) is 5.73 Å². The van der Waals surface area contributed by atoms with Crippen molar-refractivity contribution in [2.24, 2.45) is 11.7 Å². The van der Waals surface area contributed by atoms with Crippen molar-refractivity contribution in [3.63, 3.8) is 0 Å². The number of likely N-dealkylation sites (tertiary alicyclic amines) is 1. The lowest BCUT2D eigenvalue weighted by molar-refractivity contribution is 0.122. The molecule has 2 unspecified atom stereocenters. The van der Waals surface area contributed by atoms with Gasteiger partial charge in [-0.05, 0) is 55.8 Å². The van der Waals surface area contributed by atoms with Gasteiger partial charge in [-0.15, -0.1) is 0 Å². The Hall–Kier alpha value is -0.860. The van der Waals surface area contributed by atoms with Crippen LogP contribution in [-0.4, -0.2) is 24.5 Å². The van der Waals surface area contributed by atoms with Gasteiger partial charge < -0.3 is 5.73 Å². The Kier molecular flexibility index (Phi) is 5.41. The van der Waals surface area contributed by atoms with Crippen LogP contribution in [0.5, 0.6) is 0 Å². The van der Waals surface area contributed by atoms with E-state index in [9.17, 15) is 0 Å². The summed E-state index contributed by atoms with van der Waals surface area (Å²) in [6.45, 7) is 7.74. The van der Waals surface area contributed by atoms with Crippen molar-refractivity contribution in [2.45, 2.75) is 45.6 Å². The molecule has 2 nitrogen and oxygen atoms in total. The second-order valence-electron chi connectivity index (χ2n) is 5.76. The minimum absolute atomic E-state index is 0.570. The molecule has 1 aliphatic rings. The molecule has 106 valence electrons. The normalized spacial score (nSPS) is 22.4. The Bertz CT molecular complexity index is 371. The maximum Gasteiger partial charge on any atom is 0.0345 e. The van der Waals surface area contributed by atoms with Crippen molar-refractivity contribution >= 4 is 0 Å². The van der Waals surface area contributed by atoms with Crippen molar-refractivity contribution in [2.75, 3.05) is 19.6 Å². The summed E-state index contributed by atoms with van der Waals surface area (Å²) in [5.74, 6) is 0.692. The number of hydrogen-bond donors (Lipinski definition) is 1. The van der Waals surface area contributed by atoms with Crippen molar-refractivity contribution in [1.82, 2.24) is 4.90 Å². The zero-order valence-electron chi connectivity index (χ0n) is 12.4. The third-order valence-corrected chi connectivity index (χ3v) is 4.48. The van der Waals surface area contributed by atoms with E-state index in [1.807, 2.05) is 0 Å². The summed E-state index contributed by atoms with van der Waals surface area (Å²) in [5.41, 5.74) is 8.75. The van der Waals surface area contributed by atoms with E-state index in [1.54, 1.807) is 0 Å². The van der Waals surface area contributed by atoms with Gasteiger partial charge in [0.1, 0.15) is 0 Å². The zero-order chi connectivity index (χ0) is 13.7. The average molecular weight is 260 g/mol. The Balaban J connectivity index is 2.09. The summed E-state index contributed by atoms with van der Waals surface area (Å²) in [7, 11) is 0. The lowest BCUT2D eigenvalue weighted by atomic mass is 9.93. The third kappa shape index (κ3) is 3.58. The fourth-order valence-corrected chi connectivity index (χ4v) is 3.25. The van der Waals surface area contributed by atoms with E-state index in [0.717, 1.165) is 13.0 Å². The largest absolute Gasteiger partial charge is 0.330 e. The highest BCUT2D eigenvalue weighted by Gasteiger charge is 2.25. The van der Waals surface area contributed by atoms with Crippen molar-refractivity contribution in [3.05, 3.63) is 35.4 Å². The Labute approximate surface area is 118 Å². The van der Waals surface area contributed by atoms with E-state index in [1.165, 1.54) is 43.5 Å². The zero-order valence-corrected chi connectivity index (χ0v) is 12.4. The molecular weight excluding hydrogens is 232 g/mol. The molecule has 2 N–H and O–H groups in total. The van der Waals surface area contributed by atoms with Crippen LogP contribution in [0.2, 0.25) is 0 Å². The number of benzene rings is 1. The molecule has 0 spiro atoms. The van der Waals surface area contributed by atoms with Crippen LogP contribution in [0.25, 0.3) is 0 Å². The quantitative estimate of drug-likeness (QED) is 0.879. The Morgan fingerprint density at radius 3 is 2.58 bits per heavy atom. The predicted molar refractivity (Wildman–Crippen MR) is 82.2 cm³/mol. The van der Waals surface area contributed by atoms with Gasteiger partial charge in [0.05, 0.1) is 0 Å². The second kappa shape index (κ2) is 7.06. The molecule has 1 saturated heterocycles. The molecule has 0 aromatic heterocycles. The minimum Gasteiger partial charge on any atom is -0.330 e. The topological polar surface area (TPSA) is 29.3 Å². The van der Waals surface area contributed by atoms with Gasteiger partial charge in [0.25, 0.3) is 0 Å². The van der Waals surface area contributed by atoms with Crippen LogP contribution < -0.4 is 5.73 Å². The van der Waals surface area contributed by atoms with Gasteiger partial charge >= 0.3 is 0 Å². The van der Waals surface area contributed by atoms with Crippen molar-refractivity contribution in [3.8, 4) is 0 Å². The molecule has 1 aromatic carbocycles. The lowest BCUT2D eigenvalue weighted by Gasteiger charge is -2.38. The molecule has 2 atom stereocenters. The summed E-state index contributed by atoms with van der Waals surface area (Å²) >= 11 is 0. The smallest absolute Gasteiger partial charge is 0.0345 e. The molecule has 1 fully saturated rings. The fraction of sp³-hybridized carbons (Fsp3) is 0.647. The van der Waals surface area contributed by atoms with Gasteiger partial charge in [-0.3, -0.25) is 4.90 Å². The molecule has 19 heavy (non-hydrogen) atoms.